The van der Waals surface area contributed by atoms with Crippen molar-refractivity contribution in [2.24, 2.45) is 0 Å². The first kappa shape index (κ1) is 16.0. The zero-order chi connectivity index (χ0) is 15.2. The third-order valence-electron chi connectivity index (χ3n) is 2.71. The van der Waals surface area contributed by atoms with Gasteiger partial charge in [0.2, 0.25) is 11.8 Å². The van der Waals surface area contributed by atoms with E-state index in [-0.39, 0.29) is 11.2 Å². The maximum absolute atomic E-state index is 11.8. The predicted molar refractivity (Wildman–Crippen MR) is 86.1 cm³/mol. The second-order valence-corrected chi connectivity index (χ2v) is 6.55. The number of rotatable bonds is 6. The molecule has 1 aromatic heterocycles. The van der Waals surface area contributed by atoms with Crippen LogP contribution in [-0.2, 0) is 4.79 Å². The van der Waals surface area contributed by atoms with Gasteiger partial charge in [-0.15, -0.1) is 10.2 Å². The highest BCUT2D eigenvalue weighted by molar-refractivity contribution is 9.10. The van der Waals surface area contributed by atoms with Crippen molar-refractivity contribution >= 4 is 33.6 Å². The average Bonchev–Trinajstić information content (AvgIpc) is 2.93. The van der Waals surface area contributed by atoms with Gasteiger partial charge >= 0.3 is 0 Å². The van der Waals surface area contributed by atoms with Crippen LogP contribution in [0.3, 0.4) is 0 Å². The Bertz CT molecular complexity index is 618. The number of amides is 1. The summed E-state index contributed by atoms with van der Waals surface area (Å²) < 4.78 is 6.49. The summed E-state index contributed by atoms with van der Waals surface area (Å²) in [5, 5.41) is 11.0. The molecule has 0 fully saturated rings. The summed E-state index contributed by atoms with van der Waals surface area (Å²) in [6.45, 7) is 4.51. The smallest absolute Gasteiger partial charge is 0.277 e. The average molecular weight is 370 g/mol. The Morgan fingerprint density at radius 2 is 2.19 bits per heavy atom. The highest BCUT2D eigenvalue weighted by atomic mass is 79.9. The Balaban J connectivity index is 2.04. The number of aromatic nitrogens is 2. The summed E-state index contributed by atoms with van der Waals surface area (Å²) in [4.78, 5) is 11.8. The zero-order valence-corrected chi connectivity index (χ0v) is 14.2. The van der Waals surface area contributed by atoms with Crippen molar-refractivity contribution in [1.29, 1.82) is 0 Å². The molecule has 0 aliphatic carbocycles. The van der Waals surface area contributed by atoms with Gasteiger partial charge in [0.05, 0.1) is 10.8 Å². The SMILES string of the molecule is CCCNC(=O)[C@@H](C)Sc1nnc(-c2ccccc2Br)o1. The molecule has 0 spiro atoms. The van der Waals surface area contributed by atoms with Crippen molar-refractivity contribution in [2.75, 3.05) is 6.54 Å². The first-order valence-electron chi connectivity index (χ1n) is 6.64. The third kappa shape index (κ3) is 4.31. The molecule has 1 amide bonds. The monoisotopic (exact) mass is 369 g/mol. The molecule has 1 atom stereocenters. The van der Waals surface area contributed by atoms with E-state index in [1.54, 1.807) is 0 Å². The van der Waals surface area contributed by atoms with Gasteiger partial charge in [-0.1, -0.05) is 30.8 Å². The number of hydrogen-bond donors (Lipinski definition) is 1. The molecule has 0 aliphatic heterocycles. The van der Waals surface area contributed by atoms with Gasteiger partial charge in [-0.25, -0.2) is 0 Å². The highest BCUT2D eigenvalue weighted by Crippen LogP contribution is 2.30. The number of benzene rings is 1. The van der Waals surface area contributed by atoms with Crippen LogP contribution in [0.25, 0.3) is 11.5 Å². The molecule has 0 aliphatic rings. The largest absolute Gasteiger partial charge is 0.411 e. The van der Waals surface area contributed by atoms with Crippen molar-refractivity contribution in [2.45, 2.75) is 30.7 Å². The molecule has 0 bridgehead atoms. The van der Waals surface area contributed by atoms with Crippen molar-refractivity contribution in [3.05, 3.63) is 28.7 Å². The van der Waals surface area contributed by atoms with Gasteiger partial charge in [0.1, 0.15) is 0 Å². The Hall–Kier alpha value is -1.34. The van der Waals surface area contributed by atoms with Gasteiger partial charge in [-0.2, -0.15) is 0 Å². The Morgan fingerprint density at radius 3 is 2.90 bits per heavy atom. The topological polar surface area (TPSA) is 68.0 Å². The van der Waals surface area contributed by atoms with E-state index >= 15 is 0 Å². The lowest BCUT2D eigenvalue weighted by molar-refractivity contribution is -0.120. The van der Waals surface area contributed by atoms with Crippen LogP contribution in [0.1, 0.15) is 20.3 Å². The fraction of sp³-hybridized carbons (Fsp3) is 0.357. The van der Waals surface area contributed by atoms with Gasteiger partial charge in [0.15, 0.2) is 0 Å². The van der Waals surface area contributed by atoms with E-state index in [4.69, 9.17) is 4.42 Å². The number of carbonyl (C=O) groups is 1. The molecule has 0 saturated carbocycles. The third-order valence-corrected chi connectivity index (χ3v) is 4.33. The van der Waals surface area contributed by atoms with Crippen molar-refractivity contribution in [3.63, 3.8) is 0 Å². The van der Waals surface area contributed by atoms with Gasteiger partial charge in [0, 0.05) is 11.0 Å². The molecule has 0 saturated heterocycles. The second kappa shape index (κ2) is 7.61. The fourth-order valence-electron chi connectivity index (χ4n) is 1.60. The number of thioether (sulfide) groups is 1. The van der Waals surface area contributed by atoms with Crippen LogP contribution in [0.2, 0.25) is 0 Å². The first-order chi connectivity index (χ1) is 10.1. The first-order valence-corrected chi connectivity index (χ1v) is 8.32. The van der Waals surface area contributed by atoms with E-state index < -0.39 is 0 Å². The normalized spacial score (nSPS) is 12.1. The number of carbonyl (C=O) groups excluding carboxylic acids is 1. The summed E-state index contributed by atoms with van der Waals surface area (Å²) in [7, 11) is 0. The summed E-state index contributed by atoms with van der Waals surface area (Å²) in [6.07, 6.45) is 0.913. The second-order valence-electron chi connectivity index (χ2n) is 4.40. The molecule has 0 unspecified atom stereocenters. The summed E-state index contributed by atoms with van der Waals surface area (Å²) in [5.41, 5.74) is 0.833. The minimum Gasteiger partial charge on any atom is -0.411 e. The lowest BCUT2D eigenvalue weighted by atomic mass is 10.2. The number of nitrogens with one attached hydrogen (secondary N) is 1. The quantitative estimate of drug-likeness (QED) is 0.789. The van der Waals surface area contributed by atoms with Gasteiger partial charge in [-0.05, 0) is 41.4 Å². The van der Waals surface area contributed by atoms with Crippen molar-refractivity contribution < 1.29 is 9.21 Å². The van der Waals surface area contributed by atoms with Gasteiger partial charge in [-0.3, -0.25) is 4.79 Å². The zero-order valence-electron chi connectivity index (χ0n) is 11.8. The molecule has 1 aromatic carbocycles. The Kier molecular flexibility index (Phi) is 5.81. The molecule has 0 radical (unpaired) electrons. The minimum atomic E-state index is -0.274. The molecule has 112 valence electrons. The summed E-state index contributed by atoms with van der Waals surface area (Å²) in [5.74, 6) is 0.411. The maximum atomic E-state index is 11.8. The van der Waals surface area contributed by atoms with Gasteiger partial charge < -0.3 is 9.73 Å². The van der Waals surface area contributed by atoms with Gasteiger partial charge in [0.25, 0.3) is 5.22 Å². The molecule has 1 heterocycles. The van der Waals surface area contributed by atoms with Crippen LogP contribution in [0.4, 0.5) is 0 Å². The van der Waals surface area contributed by atoms with Crippen LogP contribution >= 0.6 is 27.7 Å². The van der Waals surface area contributed by atoms with Crippen LogP contribution in [0.15, 0.2) is 38.4 Å². The molecular formula is C14H16BrN3O2S. The number of hydrogen-bond acceptors (Lipinski definition) is 5. The van der Waals surface area contributed by atoms with E-state index in [1.165, 1.54) is 11.8 Å². The lowest BCUT2D eigenvalue weighted by Gasteiger charge is -2.08. The molecule has 5 nitrogen and oxygen atoms in total. The predicted octanol–water partition coefficient (Wildman–Crippen LogP) is 3.51. The summed E-state index contributed by atoms with van der Waals surface area (Å²) >= 11 is 4.70. The van der Waals surface area contributed by atoms with Crippen molar-refractivity contribution in [3.8, 4) is 11.5 Å². The Morgan fingerprint density at radius 1 is 1.43 bits per heavy atom. The highest BCUT2D eigenvalue weighted by Gasteiger charge is 2.18. The molecule has 1 N–H and O–H groups in total. The van der Waals surface area contributed by atoms with E-state index in [2.05, 4.69) is 31.4 Å². The molecule has 21 heavy (non-hydrogen) atoms. The maximum Gasteiger partial charge on any atom is 0.277 e. The molecule has 2 rings (SSSR count). The van der Waals surface area contributed by atoms with Crippen LogP contribution in [-0.4, -0.2) is 27.9 Å². The number of nitrogens with zero attached hydrogens (tertiary/aromatic N) is 2. The van der Waals surface area contributed by atoms with E-state index in [0.717, 1.165) is 16.5 Å². The van der Waals surface area contributed by atoms with Crippen LogP contribution in [0, 0.1) is 0 Å². The Labute approximate surface area is 136 Å². The van der Waals surface area contributed by atoms with Crippen molar-refractivity contribution in [1.82, 2.24) is 15.5 Å². The standard InChI is InChI=1S/C14H16BrN3O2S/c1-3-8-16-12(19)9(2)21-14-18-17-13(20-14)10-6-4-5-7-11(10)15/h4-7,9H,3,8H2,1-2H3,(H,16,19)/t9-/m1/s1. The van der Waals surface area contributed by atoms with E-state index in [9.17, 15) is 4.79 Å². The lowest BCUT2D eigenvalue weighted by Crippen LogP contribution is -2.31. The van der Waals surface area contributed by atoms with Crippen LogP contribution in [0.5, 0.6) is 0 Å². The van der Waals surface area contributed by atoms with Crippen LogP contribution < -0.4 is 5.32 Å². The fourth-order valence-corrected chi connectivity index (χ4v) is 2.76. The molecule has 2 aromatic rings. The molecular weight excluding hydrogens is 354 g/mol. The van der Waals surface area contributed by atoms with E-state index in [0.29, 0.717) is 17.7 Å². The minimum absolute atomic E-state index is 0.0255. The molecule has 7 heteroatoms. The van der Waals surface area contributed by atoms with E-state index in [1.807, 2.05) is 38.1 Å². The summed E-state index contributed by atoms with van der Waals surface area (Å²) in [6, 6.07) is 7.62. The number of halogens is 1.